The molecule has 0 unspecified atom stereocenters. The minimum absolute atomic E-state index is 0.0973. The van der Waals surface area contributed by atoms with E-state index in [2.05, 4.69) is 20.5 Å². The van der Waals surface area contributed by atoms with Crippen molar-refractivity contribution in [3.8, 4) is 0 Å². The molecule has 1 fully saturated rings. The number of nitrogens with zero attached hydrogens (tertiary/aromatic N) is 4. The van der Waals surface area contributed by atoms with E-state index in [0.717, 1.165) is 68.6 Å². The normalized spacial score (nSPS) is 20.7. The Morgan fingerprint density at radius 3 is 3.04 bits per heavy atom. The van der Waals surface area contributed by atoms with Crippen LogP contribution in [0.1, 0.15) is 47.5 Å². The molecule has 3 heterocycles. The van der Waals surface area contributed by atoms with Crippen LogP contribution in [0.4, 0.5) is 5.69 Å². The number of aryl methyl sites for hydroxylation is 2. The van der Waals surface area contributed by atoms with Crippen molar-refractivity contribution in [2.45, 2.75) is 44.6 Å². The highest BCUT2D eigenvalue weighted by molar-refractivity contribution is 5.94. The fraction of sp³-hybridized carbons (Fsp3) is 0.588. The molecule has 1 aliphatic carbocycles. The number of carbonyl (C=O) groups excluding carboxylic acids is 1. The Hall–Kier alpha value is -2.31. The second kappa shape index (κ2) is 6.30. The zero-order valence-electron chi connectivity index (χ0n) is 14.0. The van der Waals surface area contributed by atoms with Gasteiger partial charge in [0, 0.05) is 44.4 Å². The lowest BCUT2D eigenvalue weighted by Crippen LogP contribution is -2.48. The van der Waals surface area contributed by atoms with Crippen molar-refractivity contribution in [2.75, 3.05) is 18.0 Å². The third-order valence-corrected chi connectivity index (χ3v) is 4.98. The summed E-state index contributed by atoms with van der Waals surface area (Å²) >= 11 is 0. The number of aromatic nitrogens is 3. The lowest BCUT2D eigenvalue weighted by Gasteiger charge is -2.33. The van der Waals surface area contributed by atoms with Crippen LogP contribution < -0.4 is 10.2 Å². The first-order valence-corrected chi connectivity index (χ1v) is 8.72. The second-order valence-corrected chi connectivity index (χ2v) is 6.77. The Labute approximate surface area is 141 Å². The molecule has 0 saturated carbocycles. The minimum atomic E-state index is -0.0973. The molecule has 7 heteroatoms. The number of hydrogen-bond donors (Lipinski definition) is 1. The van der Waals surface area contributed by atoms with Crippen LogP contribution in [0.2, 0.25) is 0 Å². The van der Waals surface area contributed by atoms with E-state index in [1.54, 1.807) is 4.68 Å². The fourth-order valence-electron chi connectivity index (χ4n) is 3.72. The highest BCUT2D eigenvalue weighted by atomic mass is 16.5. The summed E-state index contributed by atoms with van der Waals surface area (Å²) in [5, 5.41) is 11.4. The van der Waals surface area contributed by atoms with E-state index in [1.165, 1.54) is 0 Å². The number of fused-ring (bicyclic) bond motifs is 1. The molecule has 1 atom stereocenters. The molecule has 2 aliphatic rings. The van der Waals surface area contributed by atoms with Gasteiger partial charge in [0.05, 0.1) is 11.9 Å². The topological polar surface area (TPSA) is 76.2 Å². The van der Waals surface area contributed by atoms with Crippen LogP contribution in [0.25, 0.3) is 0 Å². The van der Waals surface area contributed by atoms with Gasteiger partial charge < -0.3 is 14.7 Å². The maximum atomic E-state index is 12.6. The molecule has 0 aromatic carbocycles. The maximum Gasteiger partial charge on any atom is 0.274 e. The highest BCUT2D eigenvalue weighted by Crippen LogP contribution is 2.25. The minimum Gasteiger partial charge on any atom is -0.367 e. The Balaban J connectivity index is 1.43. The molecule has 1 amide bonds. The van der Waals surface area contributed by atoms with Crippen molar-refractivity contribution < 1.29 is 9.32 Å². The third kappa shape index (κ3) is 2.90. The highest BCUT2D eigenvalue weighted by Gasteiger charge is 2.27. The van der Waals surface area contributed by atoms with Crippen LogP contribution in [0, 0.1) is 0 Å². The first-order chi connectivity index (χ1) is 11.7. The predicted octanol–water partition coefficient (Wildman–Crippen LogP) is 1.69. The van der Waals surface area contributed by atoms with Crippen molar-refractivity contribution in [1.29, 1.82) is 0 Å². The average molecular weight is 329 g/mol. The van der Waals surface area contributed by atoms with Gasteiger partial charge >= 0.3 is 0 Å². The van der Waals surface area contributed by atoms with Crippen molar-refractivity contribution in [2.24, 2.45) is 7.05 Å². The number of piperidine rings is 1. The van der Waals surface area contributed by atoms with E-state index in [0.29, 0.717) is 5.69 Å². The molecular formula is C17H23N5O2. The average Bonchev–Trinajstić information content (AvgIpc) is 3.21. The van der Waals surface area contributed by atoms with E-state index in [1.807, 2.05) is 19.4 Å². The quantitative estimate of drug-likeness (QED) is 0.927. The van der Waals surface area contributed by atoms with Gasteiger partial charge in [-0.3, -0.25) is 9.48 Å². The van der Waals surface area contributed by atoms with Gasteiger partial charge in [-0.15, -0.1) is 0 Å². The largest absolute Gasteiger partial charge is 0.367 e. The molecule has 0 spiro atoms. The van der Waals surface area contributed by atoms with E-state index >= 15 is 0 Å². The summed E-state index contributed by atoms with van der Waals surface area (Å²) in [6.07, 6.45) is 9.94. The SMILES string of the molecule is Cn1cc(N2CCC[C@H](NC(=O)c3noc4c3CCCC4)C2)cn1. The van der Waals surface area contributed by atoms with Gasteiger partial charge in [0.25, 0.3) is 5.91 Å². The maximum absolute atomic E-state index is 12.6. The molecule has 0 bridgehead atoms. The molecule has 2 aromatic rings. The third-order valence-electron chi connectivity index (χ3n) is 4.98. The van der Waals surface area contributed by atoms with E-state index in [9.17, 15) is 4.79 Å². The van der Waals surface area contributed by atoms with E-state index < -0.39 is 0 Å². The van der Waals surface area contributed by atoms with Gasteiger partial charge in [-0.05, 0) is 32.1 Å². The van der Waals surface area contributed by atoms with E-state index in [-0.39, 0.29) is 11.9 Å². The van der Waals surface area contributed by atoms with Crippen molar-refractivity contribution in [1.82, 2.24) is 20.3 Å². The van der Waals surface area contributed by atoms with Gasteiger partial charge in [0.1, 0.15) is 5.76 Å². The summed E-state index contributed by atoms with van der Waals surface area (Å²) in [7, 11) is 1.92. The van der Waals surface area contributed by atoms with Crippen LogP contribution in [0.5, 0.6) is 0 Å². The number of nitrogens with one attached hydrogen (secondary N) is 1. The number of amides is 1. The number of hydrogen-bond acceptors (Lipinski definition) is 5. The molecule has 7 nitrogen and oxygen atoms in total. The zero-order chi connectivity index (χ0) is 16.5. The first kappa shape index (κ1) is 15.2. The lowest BCUT2D eigenvalue weighted by molar-refractivity contribution is 0.0923. The molecule has 1 aliphatic heterocycles. The number of anilines is 1. The summed E-state index contributed by atoms with van der Waals surface area (Å²) in [6.45, 7) is 1.80. The van der Waals surface area contributed by atoms with Gasteiger partial charge in [0.15, 0.2) is 5.69 Å². The first-order valence-electron chi connectivity index (χ1n) is 8.72. The predicted molar refractivity (Wildman–Crippen MR) is 89.1 cm³/mol. The molecule has 0 radical (unpaired) electrons. The van der Waals surface area contributed by atoms with Crippen LogP contribution >= 0.6 is 0 Å². The zero-order valence-corrected chi connectivity index (χ0v) is 14.0. The Morgan fingerprint density at radius 1 is 1.33 bits per heavy atom. The summed E-state index contributed by atoms with van der Waals surface area (Å²) in [5.41, 5.74) is 2.61. The molecular weight excluding hydrogens is 306 g/mol. The molecule has 1 N–H and O–H groups in total. The van der Waals surface area contributed by atoms with Crippen LogP contribution in [0.3, 0.4) is 0 Å². The van der Waals surface area contributed by atoms with Gasteiger partial charge in [-0.2, -0.15) is 5.10 Å². The Kier molecular flexibility index (Phi) is 4.00. The Bertz CT molecular complexity index is 735. The van der Waals surface area contributed by atoms with Gasteiger partial charge in [0.2, 0.25) is 0 Å². The van der Waals surface area contributed by atoms with Crippen LogP contribution in [-0.2, 0) is 19.9 Å². The van der Waals surface area contributed by atoms with Crippen molar-refractivity contribution in [3.63, 3.8) is 0 Å². The number of carbonyl (C=O) groups is 1. The van der Waals surface area contributed by atoms with Crippen molar-refractivity contribution >= 4 is 11.6 Å². The summed E-state index contributed by atoms with van der Waals surface area (Å²) < 4.78 is 7.16. The van der Waals surface area contributed by atoms with Crippen LogP contribution in [-0.4, -0.2) is 40.0 Å². The molecule has 4 rings (SSSR count). The summed E-state index contributed by atoms with van der Waals surface area (Å²) in [4.78, 5) is 14.9. The lowest BCUT2D eigenvalue weighted by atomic mass is 9.96. The molecule has 24 heavy (non-hydrogen) atoms. The molecule has 2 aromatic heterocycles. The monoisotopic (exact) mass is 329 g/mol. The molecule has 1 saturated heterocycles. The second-order valence-electron chi connectivity index (χ2n) is 6.77. The summed E-state index contributed by atoms with van der Waals surface area (Å²) in [5.74, 6) is 0.798. The van der Waals surface area contributed by atoms with Crippen molar-refractivity contribution in [3.05, 3.63) is 29.4 Å². The Morgan fingerprint density at radius 2 is 2.21 bits per heavy atom. The standard InChI is InChI=1S/C17H23N5O2/c1-21-11-13(9-18-21)22-8-4-5-12(10-22)19-17(23)16-14-6-2-3-7-15(14)24-20-16/h9,11-12H,2-8,10H2,1H3,(H,19,23)/t12-/m0/s1. The molecule has 128 valence electrons. The van der Waals surface area contributed by atoms with E-state index in [4.69, 9.17) is 4.52 Å². The fourth-order valence-corrected chi connectivity index (χ4v) is 3.72. The summed E-state index contributed by atoms with van der Waals surface area (Å²) in [6, 6.07) is 0.127. The smallest absolute Gasteiger partial charge is 0.274 e. The van der Waals surface area contributed by atoms with Crippen LogP contribution in [0.15, 0.2) is 16.9 Å². The van der Waals surface area contributed by atoms with Gasteiger partial charge in [-0.25, -0.2) is 0 Å². The number of rotatable bonds is 3. The van der Waals surface area contributed by atoms with Gasteiger partial charge in [-0.1, -0.05) is 5.16 Å².